The predicted octanol–water partition coefficient (Wildman–Crippen LogP) is 6.64. The maximum atomic E-state index is 12.9. The molecule has 4 aromatic rings. The number of hydrogen-bond acceptors (Lipinski definition) is 7. The van der Waals surface area contributed by atoms with E-state index in [1.807, 2.05) is 50.2 Å². The first-order valence-electron chi connectivity index (χ1n) is 17.1. The molecule has 6 rings (SSSR count). The van der Waals surface area contributed by atoms with Crippen molar-refractivity contribution in [3.8, 4) is 22.5 Å². The molecule has 3 heterocycles. The molecule has 1 aliphatic carbocycles. The summed E-state index contributed by atoms with van der Waals surface area (Å²) in [4.78, 5) is 27.1. The van der Waals surface area contributed by atoms with Crippen LogP contribution >= 0.6 is 0 Å². The van der Waals surface area contributed by atoms with Crippen molar-refractivity contribution in [2.75, 3.05) is 46.1 Å². The second-order valence-corrected chi connectivity index (χ2v) is 13.4. The highest BCUT2D eigenvalue weighted by Crippen LogP contribution is 2.40. The maximum absolute atomic E-state index is 12.9. The lowest BCUT2D eigenvalue weighted by Gasteiger charge is -2.18. The Labute approximate surface area is 284 Å². The minimum atomic E-state index is -0.0442. The molecule has 2 N–H and O–H groups in total. The molecule has 0 fully saturated rings. The second kappa shape index (κ2) is 14.6. The van der Waals surface area contributed by atoms with Gasteiger partial charge in [-0.3, -0.25) is 9.48 Å². The van der Waals surface area contributed by atoms with Gasteiger partial charge in [-0.15, -0.1) is 0 Å². The number of allylic oxidation sites excluding steroid dienone is 2. The molecule has 0 bridgehead atoms. The van der Waals surface area contributed by atoms with Crippen LogP contribution in [0.2, 0.25) is 0 Å². The largest absolute Gasteiger partial charge is 0.380 e. The van der Waals surface area contributed by atoms with Gasteiger partial charge in [0.2, 0.25) is 5.95 Å². The molecule has 250 valence electrons. The highest BCUT2D eigenvalue weighted by Gasteiger charge is 2.27. The van der Waals surface area contributed by atoms with Crippen LogP contribution in [0.25, 0.3) is 28.1 Å². The van der Waals surface area contributed by atoms with E-state index in [1.165, 1.54) is 16.7 Å². The van der Waals surface area contributed by atoms with E-state index in [4.69, 9.17) is 15.1 Å². The van der Waals surface area contributed by atoms with Crippen LogP contribution in [0.1, 0.15) is 65.9 Å². The van der Waals surface area contributed by atoms with Crippen LogP contribution in [-0.2, 0) is 26.3 Å². The lowest BCUT2D eigenvalue weighted by molar-refractivity contribution is 0.0952. The number of benzene rings is 2. The third-order valence-corrected chi connectivity index (χ3v) is 9.16. The molecule has 9 heteroatoms. The first kappa shape index (κ1) is 33.2. The molecule has 0 spiro atoms. The van der Waals surface area contributed by atoms with E-state index in [9.17, 15) is 4.79 Å². The number of carbonyl (C=O) groups is 1. The average Bonchev–Trinajstić information content (AvgIpc) is 3.32. The number of nitrogens with one attached hydrogen (secondary N) is 2. The molecule has 2 aromatic heterocycles. The van der Waals surface area contributed by atoms with Crippen LogP contribution in [0.5, 0.6) is 0 Å². The zero-order chi connectivity index (χ0) is 33.8. The number of hydrogen-bond donors (Lipinski definition) is 2. The summed E-state index contributed by atoms with van der Waals surface area (Å²) in [5.74, 6) is 0.494. The topological polar surface area (TPSA) is 91.2 Å². The van der Waals surface area contributed by atoms with Crippen LogP contribution in [0.4, 0.5) is 11.6 Å². The van der Waals surface area contributed by atoms with E-state index in [0.29, 0.717) is 18.1 Å². The molecule has 1 aliphatic heterocycles. The van der Waals surface area contributed by atoms with Crippen molar-refractivity contribution in [1.82, 2.24) is 34.9 Å². The Morgan fingerprint density at radius 3 is 2.58 bits per heavy atom. The number of nitrogens with zero attached hydrogens (tertiary/aromatic N) is 6. The van der Waals surface area contributed by atoms with Gasteiger partial charge in [0.15, 0.2) is 0 Å². The summed E-state index contributed by atoms with van der Waals surface area (Å²) in [5, 5.41) is 11.5. The Morgan fingerprint density at radius 1 is 1.02 bits per heavy atom. The summed E-state index contributed by atoms with van der Waals surface area (Å²) in [6.45, 7) is 6.98. The Morgan fingerprint density at radius 2 is 1.81 bits per heavy atom. The van der Waals surface area contributed by atoms with Gasteiger partial charge in [0.1, 0.15) is 0 Å². The van der Waals surface area contributed by atoms with Crippen LogP contribution in [0.3, 0.4) is 0 Å². The lowest BCUT2D eigenvalue weighted by Crippen LogP contribution is -2.27. The Bertz CT molecular complexity index is 1850. The van der Waals surface area contributed by atoms with Crippen molar-refractivity contribution < 1.29 is 4.79 Å². The molecule has 0 saturated carbocycles. The predicted molar refractivity (Wildman–Crippen MR) is 195 cm³/mol. The van der Waals surface area contributed by atoms with Gasteiger partial charge in [-0.2, -0.15) is 5.10 Å². The zero-order valence-corrected chi connectivity index (χ0v) is 29.2. The number of carbonyl (C=O) groups excluding carboxylic acids is 1. The van der Waals surface area contributed by atoms with Crippen molar-refractivity contribution in [3.63, 3.8) is 0 Å². The Balaban J connectivity index is 1.27. The Kier molecular flexibility index (Phi) is 10.1. The number of rotatable bonds is 11. The van der Waals surface area contributed by atoms with Gasteiger partial charge in [0.25, 0.3) is 5.91 Å². The van der Waals surface area contributed by atoms with E-state index in [1.54, 1.807) is 0 Å². The molecule has 1 amide bonds. The summed E-state index contributed by atoms with van der Waals surface area (Å²) < 4.78 is 2.00. The summed E-state index contributed by atoms with van der Waals surface area (Å²) >= 11 is 0. The number of fused-ring (bicyclic) bond motifs is 3. The van der Waals surface area contributed by atoms with E-state index >= 15 is 0 Å². The minimum Gasteiger partial charge on any atom is -0.380 e. The third kappa shape index (κ3) is 7.36. The molecular weight excluding hydrogens is 596 g/mol. The fraction of sp³-hybridized carbons (Fsp3) is 0.385. The normalized spacial score (nSPS) is 14.2. The summed E-state index contributed by atoms with van der Waals surface area (Å²) in [7, 11) is 8.24. The van der Waals surface area contributed by atoms with Gasteiger partial charge < -0.3 is 20.4 Å². The van der Waals surface area contributed by atoms with E-state index in [2.05, 4.69) is 77.9 Å². The van der Waals surface area contributed by atoms with Crippen molar-refractivity contribution in [3.05, 3.63) is 94.5 Å². The quantitative estimate of drug-likeness (QED) is 0.177. The van der Waals surface area contributed by atoms with E-state index in [-0.39, 0.29) is 5.91 Å². The minimum absolute atomic E-state index is 0.0442. The second-order valence-electron chi connectivity index (χ2n) is 13.4. The van der Waals surface area contributed by atoms with Gasteiger partial charge in [-0.25, -0.2) is 9.97 Å². The first-order valence-corrected chi connectivity index (χ1v) is 17.1. The molecule has 2 aromatic carbocycles. The molecule has 2 aliphatic rings. The van der Waals surface area contributed by atoms with Gasteiger partial charge in [-0.05, 0) is 100 Å². The molecular formula is C39H48N8O. The summed E-state index contributed by atoms with van der Waals surface area (Å²) in [6, 6.07) is 14.7. The van der Waals surface area contributed by atoms with Crippen molar-refractivity contribution >= 4 is 23.1 Å². The zero-order valence-electron chi connectivity index (χ0n) is 29.2. The molecule has 0 saturated heterocycles. The monoisotopic (exact) mass is 644 g/mol. The van der Waals surface area contributed by atoms with Crippen LogP contribution < -0.4 is 10.6 Å². The molecule has 9 nitrogen and oxygen atoms in total. The molecule has 0 atom stereocenters. The third-order valence-electron chi connectivity index (χ3n) is 9.16. The fourth-order valence-electron chi connectivity index (χ4n) is 6.61. The van der Waals surface area contributed by atoms with Crippen molar-refractivity contribution in [1.29, 1.82) is 0 Å². The highest BCUT2D eigenvalue weighted by molar-refractivity contribution is 5.95. The molecule has 48 heavy (non-hydrogen) atoms. The molecule has 0 unspecified atom stereocenters. The van der Waals surface area contributed by atoms with Gasteiger partial charge in [0.05, 0.1) is 17.1 Å². The lowest BCUT2D eigenvalue weighted by atomic mass is 9.91. The van der Waals surface area contributed by atoms with Crippen LogP contribution in [0.15, 0.2) is 66.5 Å². The van der Waals surface area contributed by atoms with Gasteiger partial charge in [0, 0.05) is 62.0 Å². The van der Waals surface area contributed by atoms with Crippen LogP contribution in [-0.4, -0.2) is 76.2 Å². The smallest absolute Gasteiger partial charge is 0.251 e. The SMILES string of the molecule is CCCc1cc(C(=O)NCCCN(C)C)ccc1Nc1ncc2c(n1)-c1c(nn(C)c1-c1ccc(C3=CN(C)CCC(C)=C3)cc1)CC2. The van der Waals surface area contributed by atoms with Crippen molar-refractivity contribution in [2.24, 2.45) is 7.05 Å². The maximum Gasteiger partial charge on any atom is 0.251 e. The van der Waals surface area contributed by atoms with Crippen molar-refractivity contribution in [2.45, 2.75) is 52.4 Å². The number of anilines is 2. The van der Waals surface area contributed by atoms with Gasteiger partial charge >= 0.3 is 0 Å². The summed E-state index contributed by atoms with van der Waals surface area (Å²) in [6.07, 6.45) is 12.0. The average molecular weight is 645 g/mol. The molecule has 0 radical (unpaired) electrons. The summed E-state index contributed by atoms with van der Waals surface area (Å²) in [5.41, 5.74) is 12.9. The Hall–Kier alpha value is -4.76. The van der Waals surface area contributed by atoms with E-state index < -0.39 is 0 Å². The van der Waals surface area contributed by atoms with Crippen LogP contribution in [0, 0.1) is 0 Å². The highest BCUT2D eigenvalue weighted by atomic mass is 16.1. The van der Waals surface area contributed by atoms with E-state index in [0.717, 1.165) is 96.6 Å². The first-order chi connectivity index (χ1) is 23.2. The number of amides is 1. The number of aryl methyl sites for hydroxylation is 4. The fourth-order valence-corrected chi connectivity index (χ4v) is 6.61. The number of aromatic nitrogens is 4. The van der Waals surface area contributed by atoms with Gasteiger partial charge in [-0.1, -0.05) is 49.3 Å². The standard InChI is InChI=1S/C39H48N8O/c1-7-9-29-23-30(38(48)40-19-8-20-45(3)4)14-16-33(29)42-39-41-24-31-15-17-34-35(36(31)43-39)37(47(6)44-34)28-12-10-27(11-13-28)32-22-26(2)18-21-46(5)25-32/h10-14,16,22-25H,7-9,15,17-21H2,1-6H3,(H,40,48)(H,41,42,43).